The van der Waals surface area contributed by atoms with E-state index in [1.54, 1.807) is 16.2 Å². The van der Waals surface area contributed by atoms with Crippen molar-refractivity contribution in [2.24, 2.45) is 0 Å². The van der Waals surface area contributed by atoms with E-state index in [-0.39, 0.29) is 18.3 Å². The number of nitrogens with one attached hydrogen (secondary N) is 1. The molecule has 1 aliphatic carbocycles. The minimum absolute atomic E-state index is 0.0174. The summed E-state index contributed by atoms with van der Waals surface area (Å²) in [4.78, 5) is 44.3. The minimum atomic E-state index is -0.639. The van der Waals surface area contributed by atoms with E-state index in [4.69, 9.17) is 9.47 Å². The van der Waals surface area contributed by atoms with E-state index >= 15 is 0 Å². The Balaban J connectivity index is 1.34. The summed E-state index contributed by atoms with van der Waals surface area (Å²) in [7, 11) is 0. The lowest BCUT2D eigenvalue weighted by Gasteiger charge is -2.37. The highest BCUT2D eigenvalue weighted by atomic mass is 32.1. The van der Waals surface area contributed by atoms with Gasteiger partial charge in [-0.1, -0.05) is 12.1 Å². The highest BCUT2D eigenvalue weighted by molar-refractivity contribution is 7.13. The van der Waals surface area contributed by atoms with E-state index in [2.05, 4.69) is 16.3 Å². The number of ether oxygens (including phenoxy) is 2. The van der Waals surface area contributed by atoms with Gasteiger partial charge < -0.3 is 19.3 Å². The topological polar surface area (TPSA) is 88.2 Å². The fraction of sp³-hybridized carbons (Fsp3) is 0.457. The zero-order valence-corrected chi connectivity index (χ0v) is 27.4. The van der Waals surface area contributed by atoms with Crippen LogP contribution in [0.1, 0.15) is 81.8 Å². The Morgan fingerprint density at radius 1 is 0.886 bits per heavy atom. The van der Waals surface area contributed by atoms with Crippen LogP contribution in [-0.2, 0) is 15.9 Å². The highest BCUT2D eigenvalue weighted by Crippen LogP contribution is 2.43. The van der Waals surface area contributed by atoms with Gasteiger partial charge in [-0.25, -0.2) is 9.59 Å². The second-order valence-corrected chi connectivity index (χ2v) is 14.5. The average molecular weight is 618 g/mol. The number of anilines is 2. The standard InChI is InChI=1S/C35H43N3O5S/c1-34(2,3)42-32(40)36-29-14-11-24(31-8-7-19-44-31)20-25(29)21-30(39)27-13-12-26(22-28(27)23-9-10-23)37-15-17-38(18-16-37)33(41)43-35(4,5)6/h7-8,11-14,19-20,22-23H,9-10,15-18,21H2,1-6H3,(H,36,40). The maximum Gasteiger partial charge on any atom is 0.412 e. The van der Waals surface area contributed by atoms with E-state index in [1.807, 2.05) is 89.4 Å². The predicted octanol–water partition coefficient (Wildman–Crippen LogP) is 8.12. The van der Waals surface area contributed by atoms with Gasteiger partial charge in [0.2, 0.25) is 0 Å². The number of benzene rings is 2. The first-order chi connectivity index (χ1) is 20.8. The number of carbonyl (C=O) groups is 3. The molecule has 1 N–H and O–H groups in total. The molecular formula is C35H43N3O5S. The Hall–Kier alpha value is -3.85. The van der Waals surface area contributed by atoms with Crippen molar-refractivity contribution < 1.29 is 23.9 Å². The second kappa shape index (κ2) is 12.6. The van der Waals surface area contributed by atoms with Crippen LogP contribution in [-0.4, -0.2) is 60.3 Å². The zero-order chi connectivity index (χ0) is 31.6. The number of amides is 2. The molecule has 1 aromatic heterocycles. The summed E-state index contributed by atoms with van der Waals surface area (Å²) in [6.45, 7) is 13.7. The SMILES string of the molecule is CC(C)(C)OC(=O)Nc1ccc(-c2cccs2)cc1CC(=O)c1ccc(N2CCN(C(=O)OC(C)(C)C)CC2)cc1C1CC1. The molecule has 8 nitrogen and oxygen atoms in total. The third-order valence-electron chi connectivity index (χ3n) is 7.55. The molecule has 0 atom stereocenters. The van der Waals surface area contributed by atoms with Gasteiger partial charge in [-0.05, 0) is 119 Å². The monoisotopic (exact) mass is 617 g/mol. The lowest BCUT2D eigenvalue weighted by molar-refractivity contribution is 0.0240. The number of piperazine rings is 1. The quantitative estimate of drug-likeness (QED) is 0.270. The van der Waals surface area contributed by atoms with Crippen LogP contribution < -0.4 is 10.2 Å². The van der Waals surface area contributed by atoms with Gasteiger partial charge in [0.25, 0.3) is 0 Å². The summed E-state index contributed by atoms with van der Waals surface area (Å²) < 4.78 is 11.0. The van der Waals surface area contributed by atoms with Gasteiger partial charge in [0.1, 0.15) is 11.2 Å². The molecule has 2 fully saturated rings. The smallest absolute Gasteiger partial charge is 0.412 e. The molecule has 0 bridgehead atoms. The average Bonchev–Trinajstić information content (AvgIpc) is 3.65. The first kappa shape index (κ1) is 31.6. The number of Topliss-reactive ketones (excluding diaryl/α,β-unsaturated/α-hetero) is 1. The lowest BCUT2D eigenvalue weighted by atomic mass is 9.93. The molecule has 0 radical (unpaired) electrons. The minimum Gasteiger partial charge on any atom is -0.444 e. The summed E-state index contributed by atoms with van der Waals surface area (Å²) in [5.74, 6) is 0.387. The summed E-state index contributed by atoms with van der Waals surface area (Å²) >= 11 is 1.63. The van der Waals surface area contributed by atoms with Crippen molar-refractivity contribution in [3.05, 3.63) is 70.6 Å². The molecular weight excluding hydrogens is 574 g/mol. The molecule has 44 heavy (non-hydrogen) atoms. The fourth-order valence-electron chi connectivity index (χ4n) is 5.35. The summed E-state index contributed by atoms with van der Waals surface area (Å²) in [6, 6.07) is 16.0. The van der Waals surface area contributed by atoms with Crippen LogP contribution in [0, 0.1) is 0 Å². The van der Waals surface area contributed by atoms with Gasteiger partial charge in [0.05, 0.1) is 0 Å². The second-order valence-electron chi connectivity index (χ2n) is 13.6. The molecule has 234 valence electrons. The normalized spacial score (nSPS) is 15.6. The van der Waals surface area contributed by atoms with Crippen molar-refractivity contribution in [1.82, 2.24) is 4.90 Å². The van der Waals surface area contributed by atoms with Gasteiger partial charge in [-0.15, -0.1) is 11.3 Å². The summed E-state index contributed by atoms with van der Waals surface area (Å²) in [5.41, 5.74) is 4.04. The molecule has 3 aromatic rings. The molecule has 2 aliphatic rings. The Bertz CT molecular complexity index is 1510. The van der Waals surface area contributed by atoms with Crippen LogP contribution in [0.15, 0.2) is 53.9 Å². The molecule has 9 heteroatoms. The van der Waals surface area contributed by atoms with Crippen LogP contribution in [0.5, 0.6) is 0 Å². The first-order valence-electron chi connectivity index (χ1n) is 15.3. The number of hydrogen-bond acceptors (Lipinski definition) is 7. The van der Waals surface area contributed by atoms with Crippen molar-refractivity contribution in [3.63, 3.8) is 0 Å². The lowest BCUT2D eigenvalue weighted by Crippen LogP contribution is -2.50. The van der Waals surface area contributed by atoms with Gasteiger partial charge in [0.15, 0.2) is 5.78 Å². The Morgan fingerprint density at radius 2 is 1.59 bits per heavy atom. The van der Waals surface area contributed by atoms with E-state index in [0.29, 0.717) is 37.8 Å². The van der Waals surface area contributed by atoms with Crippen molar-refractivity contribution in [2.45, 2.75) is 77.9 Å². The number of hydrogen-bond donors (Lipinski definition) is 1. The first-order valence-corrected chi connectivity index (χ1v) is 16.2. The Morgan fingerprint density at radius 3 is 2.20 bits per heavy atom. The van der Waals surface area contributed by atoms with E-state index in [1.165, 1.54) is 0 Å². The number of thiophene rings is 1. The molecule has 0 spiro atoms. The number of ketones is 1. The van der Waals surface area contributed by atoms with Crippen LogP contribution in [0.4, 0.5) is 21.0 Å². The zero-order valence-electron chi connectivity index (χ0n) is 26.6. The van der Waals surface area contributed by atoms with Crippen LogP contribution >= 0.6 is 11.3 Å². The van der Waals surface area contributed by atoms with Crippen LogP contribution in [0.25, 0.3) is 10.4 Å². The molecule has 2 aromatic carbocycles. The third kappa shape index (κ3) is 8.20. The van der Waals surface area contributed by atoms with Gasteiger partial charge in [0, 0.05) is 54.4 Å². The number of rotatable bonds is 7. The van der Waals surface area contributed by atoms with Crippen molar-refractivity contribution >= 4 is 40.7 Å². The summed E-state index contributed by atoms with van der Waals surface area (Å²) in [6.07, 6.45) is 1.45. The van der Waals surface area contributed by atoms with E-state index in [9.17, 15) is 14.4 Å². The molecule has 1 aliphatic heterocycles. The van der Waals surface area contributed by atoms with E-state index in [0.717, 1.165) is 45.7 Å². The van der Waals surface area contributed by atoms with Crippen LogP contribution in [0.3, 0.4) is 0 Å². The molecule has 0 unspecified atom stereocenters. The molecule has 5 rings (SSSR count). The fourth-order valence-corrected chi connectivity index (χ4v) is 6.07. The Labute approximate surface area is 264 Å². The maximum absolute atomic E-state index is 13.9. The highest BCUT2D eigenvalue weighted by Gasteiger charge is 2.31. The largest absolute Gasteiger partial charge is 0.444 e. The van der Waals surface area contributed by atoms with Crippen LogP contribution in [0.2, 0.25) is 0 Å². The van der Waals surface area contributed by atoms with E-state index < -0.39 is 17.3 Å². The molecule has 2 amide bonds. The maximum atomic E-state index is 13.9. The molecule has 2 heterocycles. The number of nitrogens with zero attached hydrogens (tertiary/aromatic N) is 2. The molecule has 1 saturated heterocycles. The van der Waals surface area contributed by atoms with Gasteiger partial charge in [-0.2, -0.15) is 0 Å². The van der Waals surface area contributed by atoms with Crippen molar-refractivity contribution in [1.29, 1.82) is 0 Å². The van der Waals surface area contributed by atoms with Gasteiger partial charge >= 0.3 is 12.2 Å². The Kier molecular flexibility index (Phi) is 9.07. The number of carbonyl (C=O) groups excluding carboxylic acids is 3. The third-order valence-corrected chi connectivity index (χ3v) is 8.47. The predicted molar refractivity (Wildman–Crippen MR) is 176 cm³/mol. The van der Waals surface area contributed by atoms with Gasteiger partial charge in [-0.3, -0.25) is 10.1 Å². The van der Waals surface area contributed by atoms with Crippen molar-refractivity contribution in [2.75, 3.05) is 36.4 Å². The summed E-state index contributed by atoms with van der Waals surface area (Å²) in [5, 5.41) is 4.89. The molecule has 1 saturated carbocycles. The van der Waals surface area contributed by atoms with Crippen molar-refractivity contribution in [3.8, 4) is 10.4 Å².